The summed E-state index contributed by atoms with van der Waals surface area (Å²) in [5.74, 6) is 0. The van der Waals surface area contributed by atoms with Gasteiger partial charge in [-0.25, -0.2) is 0 Å². The van der Waals surface area contributed by atoms with Crippen molar-refractivity contribution in [2.75, 3.05) is 19.6 Å². The Kier molecular flexibility index (Phi) is 10.2. The van der Waals surface area contributed by atoms with Crippen LogP contribution in [0.5, 0.6) is 0 Å². The summed E-state index contributed by atoms with van der Waals surface area (Å²) in [6, 6.07) is 11.1. The zero-order chi connectivity index (χ0) is 16.1. The molecule has 1 nitrogen and oxygen atoms in total. The average molecular weight is 305 g/mol. The van der Waals surface area contributed by atoms with E-state index in [-0.39, 0.29) is 0 Å². The van der Waals surface area contributed by atoms with E-state index in [1.807, 2.05) is 0 Å². The molecule has 1 heteroatoms. The van der Waals surface area contributed by atoms with E-state index in [4.69, 9.17) is 0 Å². The van der Waals surface area contributed by atoms with Gasteiger partial charge in [0.1, 0.15) is 6.54 Å². The van der Waals surface area contributed by atoms with Gasteiger partial charge in [-0.15, -0.1) is 0 Å². The smallest absolute Gasteiger partial charge is 0.104 e. The van der Waals surface area contributed by atoms with Crippen molar-refractivity contribution in [1.29, 1.82) is 0 Å². The standard InChI is InChI=1S/C21H38N/c1-4-7-8-9-10-14-19-22(17-5-2,18-6-3)20-21-15-12-11-13-16-21/h11-13,15-16H,4-10,14,17-20H2,1-3H3/q+1. The topological polar surface area (TPSA) is 0 Å². The molecule has 0 saturated heterocycles. The van der Waals surface area contributed by atoms with E-state index in [1.165, 1.54) is 87.6 Å². The fraction of sp³-hybridized carbons (Fsp3) is 0.714. The molecule has 0 radical (unpaired) electrons. The van der Waals surface area contributed by atoms with Crippen molar-refractivity contribution in [3.05, 3.63) is 35.9 Å². The third-order valence-corrected chi connectivity index (χ3v) is 4.74. The zero-order valence-electron chi connectivity index (χ0n) is 15.3. The third kappa shape index (κ3) is 7.45. The Morgan fingerprint density at radius 3 is 1.82 bits per heavy atom. The van der Waals surface area contributed by atoms with E-state index in [2.05, 4.69) is 51.1 Å². The molecule has 0 bridgehead atoms. The lowest BCUT2D eigenvalue weighted by molar-refractivity contribution is -0.941. The van der Waals surface area contributed by atoms with Crippen molar-refractivity contribution >= 4 is 0 Å². The lowest BCUT2D eigenvalue weighted by atomic mass is 10.1. The number of benzene rings is 1. The highest BCUT2D eigenvalue weighted by molar-refractivity contribution is 5.13. The molecule has 0 aromatic heterocycles. The molecular weight excluding hydrogens is 266 g/mol. The van der Waals surface area contributed by atoms with Gasteiger partial charge in [-0.05, 0) is 25.7 Å². The molecule has 0 fully saturated rings. The van der Waals surface area contributed by atoms with Crippen LogP contribution in [0.25, 0.3) is 0 Å². The van der Waals surface area contributed by atoms with Crippen LogP contribution in [-0.4, -0.2) is 24.1 Å². The average Bonchev–Trinajstić information content (AvgIpc) is 2.52. The minimum Gasteiger partial charge on any atom is -0.320 e. The number of hydrogen-bond acceptors (Lipinski definition) is 0. The minimum atomic E-state index is 1.22. The number of rotatable bonds is 13. The van der Waals surface area contributed by atoms with Crippen molar-refractivity contribution in [2.24, 2.45) is 0 Å². The first kappa shape index (κ1) is 19.2. The minimum absolute atomic E-state index is 1.22. The predicted octanol–water partition coefficient (Wildman–Crippen LogP) is 6.18. The summed E-state index contributed by atoms with van der Waals surface area (Å²) >= 11 is 0. The Labute approximate surface area is 139 Å². The maximum absolute atomic E-state index is 2.34. The quantitative estimate of drug-likeness (QED) is 0.301. The van der Waals surface area contributed by atoms with Crippen LogP contribution in [0.4, 0.5) is 0 Å². The SMILES string of the molecule is CCCCCCCC[N+](CCC)(CCC)Cc1ccccc1. The van der Waals surface area contributed by atoms with Crippen LogP contribution in [0.1, 0.15) is 77.7 Å². The van der Waals surface area contributed by atoms with Crippen LogP contribution in [0, 0.1) is 0 Å². The largest absolute Gasteiger partial charge is 0.320 e. The van der Waals surface area contributed by atoms with Crippen molar-refractivity contribution in [3.63, 3.8) is 0 Å². The van der Waals surface area contributed by atoms with Crippen LogP contribution in [-0.2, 0) is 6.54 Å². The molecule has 0 spiro atoms. The lowest BCUT2D eigenvalue weighted by Crippen LogP contribution is -2.49. The first-order chi connectivity index (χ1) is 10.8. The fourth-order valence-corrected chi connectivity index (χ4v) is 3.72. The Morgan fingerprint density at radius 1 is 0.636 bits per heavy atom. The highest BCUT2D eigenvalue weighted by Gasteiger charge is 2.25. The van der Waals surface area contributed by atoms with Gasteiger partial charge in [0, 0.05) is 5.56 Å². The Balaban J connectivity index is 2.56. The fourth-order valence-electron chi connectivity index (χ4n) is 3.72. The highest BCUT2D eigenvalue weighted by Crippen LogP contribution is 2.19. The second kappa shape index (κ2) is 11.7. The Morgan fingerprint density at radius 2 is 1.23 bits per heavy atom. The summed E-state index contributed by atoms with van der Waals surface area (Å²) in [6.07, 6.45) is 11.0. The number of hydrogen-bond donors (Lipinski definition) is 0. The molecule has 0 amide bonds. The molecule has 0 unspecified atom stereocenters. The molecule has 0 heterocycles. The summed E-state index contributed by atoms with van der Waals surface area (Å²) in [6.45, 7) is 12.2. The van der Waals surface area contributed by atoms with Gasteiger partial charge in [-0.3, -0.25) is 0 Å². The first-order valence-corrected chi connectivity index (χ1v) is 9.65. The first-order valence-electron chi connectivity index (χ1n) is 9.65. The summed E-state index contributed by atoms with van der Waals surface area (Å²) in [4.78, 5) is 0. The summed E-state index contributed by atoms with van der Waals surface area (Å²) in [5, 5.41) is 0. The van der Waals surface area contributed by atoms with Crippen LogP contribution in [0.2, 0.25) is 0 Å². The van der Waals surface area contributed by atoms with Gasteiger partial charge in [0.15, 0.2) is 0 Å². The summed E-state index contributed by atoms with van der Waals surface area (Å²) in [5.41, 5.74) is 1.51. The van der Waals surface area contributed by atoms with Gasteiger partial charge in [-0.2, -0.15) is 0 Å². The maximum atomic E-state index is 2.34. The molecule has 126 valence electrons. The molecule has 0 atom stereocenters. The molecule has 1 aromatic rings. The van der Waals surface area contributed by atoms with Gasteiger partial charge >= 0.3 is 0 Å². The van der Waals surface area contributed by atoms with Crippen molar-refractivity contribution < 1.29 is 4.48 Å². The molecule has 0 aliphatic carbocycles. The van der Waals surface area contributed by atoms with Crippen LogP contribution in [0.3, 0.4) is 0 Å². The van der Waals surface area contributed by atoms with Gasteiger partial charge in [0.2, 0.25) is 0 Å². The molecule has 1 rings (SSSR count). The zero-order valence-corrected chi connectivity index (χ0v) is 15.3. The molecule has 0 N–H and O–H groups in total. The number of nitrogens with zero attached hydrogens (tertiary/aromatic N) is 1. The summed E-state index contributed by atoms with van der Waals surface area (Å²) in [7, 11) is 0. The Hall–Kier alpha value is -0.820. The van der Waals surface area contributed by atoms with E-state index < -0.39 is 0 Å². The van der Waals surface area contributed by atoms with E-state index in [1.54, 1.807) is 0 Å². The van der Waals surface area contributed by atoms with Crippen molar-refractivity contribution in [2.45, 2.75) is 78.7 Å². The van der Waals surface area contributed by atoms with Gasteiger partial charge in [-0.1, -0.05) is 76.8 Å². The predicted molar refractivity (Wildman–Crippen MR) is 99.0 cm³/mol. The van der Waals surface area contributed by atoms with Gasteiger partial charge in [0.05, 0.1) is 19.6 Å². The second-order valence-corrected chi connectivity index (χ2v) is 6.92. The van der Waals surface area contributed by atoms with Crippen LogP contribution >= 0.6 is 0 Å². The van der Waals surface area contributed by atoms with E-state index in [0.717, 1.165) is 0 Å². The number of unbranched alkanes of at least 4 members (excludes halogenated alkanes) is 5. The maximum Gasteiger partial charge on any atom is 0.104 e. The van der Waals surface area contributed by atoms with Crippen LogP contribution < -0.4 is 0 Å². The van der Waals surface area contributed by atoms with E-state index in [0.29, 0.717) is 0 Å². The summed E-state index contributed by atoms with van der Waals surface area (Å²) < 4.78 is 1.30. The molecular formula is C21H38N+. The van der Waals surface area contributed by atoms with Crippen molar-refractivity contribution in [3.8, 4) is 0 Å². The van der Waals surface area contributed by atoms with E-state index in [9.17, 15) is 0 Å². The molecule has 0 aliphatic rings. The monoisotopic (exact) mass is 304 g/mol. The highest BCUT2D eigenvalue weighted by atomic mass is 15.3. The number of quaternary nitrogens is 1. The lowest BCUT2D eigenvalue weighted by Gasteiger charge is -2.39. The molecule has 1 aromatic carbocycles. The van der Waals surface area contributed by atoms with Gasteiger partial charge in [0.25, 0.3) is 0 Å². The van der Waals surface area contributed by atoms with Crippen molar-refractivity contribution in [1.82, 2.24) is 0 Å². The van der Waals surface area contributed by atoms with Gasteiger partial charge < -0.3 is 4.48 Å². The second-order valence-electron chi connectivity index (χ2n) is 6.92. The van der Waals surface area contributed by atoms with Crippen LogP contribution in [0.15, 0.2) is 30.3 Å². The Bertz CT molecular complexity index is 351. The molecule has 22 heavy (non-hydrogen) atoms. The normalized spacial score (nSPS) is 11.8. The molecule has 0 saturated carbocycles. The third-order valence-electron chi connectivity index (χ3n) is 4.74. The van der Waals surface area contributed by atoms with E-state index >= 15 is 0 Å². The molecule has 0 aliphatic heterocycles.